The first-order valence-corrected chi connectivity index (χ1v) is 8.13. The lowest BCUT2D eigenvalue weighted by molar-refractivity contribution is -0.123. The molecule has 6 nitrogen and oxygen atoms in total. The van der Waals surface area contributed by atoms with Crippen LogP contribution < -0.4 is 14.8 Å². The number of methoxy groups -OCH3 is 2. The smallest absolute Gasteiger partial charge is 0.337 e. The van der Waals surface area contributed by atoms with Gasteiger partial charge in [0.2, 0.25) is 5.91 Å². The lowest BCUT2D eigenvalue weighted by Gasteiger charge is -2.24. The van der Waals surface area contributed by atoms with E-state index in [0.29, 0.717) is 12.2 Å². The maximum absolute atomic E-state index is 12.8. The van der Waals surface area contributed by atoms with Crippen LogP contribution in [-0.2, 0) is 11.2 Å². The van der Waals surface area contributed by atoms with Crippen LogP contribution in [0.2, 0.25) is 0 Å². The van der Waals surface area contributed by atoms with Crippen molar-refractivity contribution in [3.8, 4) is 11.5 Å². The molecule has 0 saturated carbocycles. The Labute approximate surface area is 152 Å². The summed E-state index contributed by atoms with van der Waals surface area (Å²) < 4.78 is 10.3. The van der Waals surface area contributed by atoms with Gasteiger partial charge in [-0.25, -0.2) is 4.79 Å². The Balaban J connectivity index is 2.31. The third-order valence-electron chi connectivity index (χ3n) is 4.11. The second-order valence-electron chi connectivity index (χ2n) is 6.56. The minimum absolute atomic E-state index is 0.0634. The molecule has 0 saturated heterocycles. The van der Waals surface area contributed by atoms with Crippen molar-refractivity contribution in [3.05, 3.63) is 53.6 Å². The summed E-state index contributed by atoms with van der Waals surface area (Å²) >= 11 is 0. The number of anilines is 1. The number of ether oxygens (including phenoxy) is 2. The monoisotopic (exact) mass is 357 g/mol. The molecule has 6 heteroatoms. The van der Waals surface area contributed by atoms with Gasteiger partial charge in [0.1, 0.15) is 0 Å². The van der Waals surface area contributed by atoms with Crippen molar-refractivity contribution in [1.29, 1.82) is 0 Å². The number of carboxylic acid groups (broad SMARTS) is 1. The fourth-order valence-corrected chi connectivity index (χ4v) is 2.64. The number of aromatic carboxylic acids is 1. The molecule has 138 valence electrons. The summed E-state index contributed by atoms with van der Waals surface area (Å²) in [6.07, 6.45) is 0.523. The number of hydrogen-bond donors (Lipinski definition) is 2. The van der Waals surface area contributed by atoms with E-state index in [1.807, 2.05) is 44.2 Å². The summed E-state index contributed by atoms with van der Waals surface area (Å²) in [6, 6.07) is 12.4. The Morgan fingerprint density at radius 1 is 1.04 bits per heavy atom. The molecule has 2 aromatic rings. The van der Waals surface area contributed by atoms with Crippen molar-refractivity contribution in [1.82, 2.24) is 0 Å². The number of carboxylic acids is 1. The fraction of sp³-hybridized carbons (Fsp3) is 0.300. The van der Waals surface area contributed by atoms with Crippen LogP contribution in [0.15, 0.2) is 42.5 Å². The summed E-state index contributed by atoms with van der Waals surface area (Å²) in [5.41, 5.74) is 0.399. The molecule has 0 bridgehead atoms. The topological polar surface area (TPSA) is 84.9 Å². The van der Waals surface area contributed by atoms with Crippen LogP contribution >= 0.6 is 0 Å². The normalized spacial score (nSPS) is 10.9. The summed E-state index contributed by atoms with van der Waals surface area (Å²) in [5.74, 6) is -0.821. The van der Waals surface area contributed by atoms with Crippen molar-refractivity contribution >= 4 is 17.6 Å². The van der Waals surface area contributed by atoms with Crippen LogP contribution in [-0.4, -0.2) is 31.2 Å². The summed E-state index contributed by atoms with van der Waals surface area (Å²) in [6.45, 7) is 3.63. The molecule has 0 fully saturated rings. The second kappa shape index (κ2) is 7.91. The highest BCUT2D eigenvalue weighted by molar-refractivity contribution is 6.03. The van der Waals surface area contributed by atoms with Gasteiger partial charge in [0, 0.05) is 17.5 Å². The van der Waals surface area contributed by atoms with E-state index in [1.54, 1.807) is 0 Å². The number of rotatable bonds is 7. The average Bonchev–Trinajstić information content (AvgIpc) is 2.61. The van der Waals surface area contributed by atoms with E-state index >= 15 is 0 Å². The summed E-state index contributed by atoms with van der Waals surface area (Å²) in [5, 5.41) is 12.2. The molecule has 0 unspecified atom stereocenters. The molecule has 0 heterocycles. The maximum Gasteiger partial charge on any atom is 0.337 e. The van der Waals surface area contributed by atoms with E-state index < -0.39 is 11.4 Å². The lowest BCUT2D eigenvalue weighted by Crippen LogP contribution is -2.33. The van der Waals surface area contributed by atoms with Crippen molar-refractivity contribution in [3.63, 3.8) is 0 Å². The standard InChI is InChI=1S/C20H23NO5/c1-20(2,12-13-8-6-5-7-9-13)19(24)21-15-11-17(26-4)16(25-3)10-14(15)18(22)23/h5-11H,12H2,1-4H3,(H,21,24)(H,22,23). The molecule has 0 aliphatic rings. The Morgan fingerprint density at radius 2 is 1.62 bits per heavy atom. The van der Waals surface area contributed by atoms with E-state index in [-0.39, 0.29) is 22.9 Å². The average molecular weight is 357 g/mol. The number of benzene rings is 2. The summed E-state index contributed by atoms with van der Waals surface area (Å²) in [4.78, 5) is 24.4. The van der Waals surface area contributed by atoms with Crippen molar-refractivity contribution in [2.45, 2.75) is 20.3 Å². The highest BCUT2D eigenvalue weighted by atomic mass is 16.5. The number of amides is 1. The highest BCUT2D eigenvalue weighted by Gasteiger charge is 2.29. The van der Waals surface area contributed by atoms with Crippen LogP contribution in [0.5, 0.6) is 11.5 Å². The van der Waals surface area contributed by atoms with E-state index in [1.165, 1.54) is 26.4 Å². The predicted octanol–water partition coefficient (Wildman–Crippen LogP) is 3.61. The third-order valence-corrected chi connectivity index (χ3v) is 4.11. The molecule has 0 radical (unpaired) electrons. The molecule has 0 aliphatic carbocycles. The molecule has 26 heavy (non-hydrogen) atoms. The second-order valence-corrected chi connectivity index (χ2v) is 6.56. The highest BCUT2D eigenvalue weighted by Crippen LogP contribution is 2.34. The van der Waals surface area contributed by atoms with Gasteiger partial charge in [0.25, 0.3) is 0 Å². The van der Waals surface area contributed by atoms with Crippen molar-refractivity contribution in [2.75, 3.05) is 19.5 Å². The van der Waals surface area contributed by atoms with Crippen LogP contribution in [0.25, 0.3) is 0 Å². The van der Waals surface area contributed by atoms with E-state index in [0.717, 1.165) is 5.56 Å². The van der Waals surface area contributed by atoms with Gasteiger partial charge in [-0.1, -0.05) is 44.2 Å². The Hall–Kier alpha value is -3.02. The Kier molecular flexibility index (Phi) is 5.87. The zero-order chi connectivity index (χ0) is 19.3. The zero-order valence-electron chi connectivity index (χ0n) is 15.3. The molecule has 1 amide bonds. The maximum atomic E-state index is 12.8. The largest absolute Gasteiger partial charge is 0.493 e. The third kappa shape index (κ3) is 4.33. The molecule has 0 spiro atoms. The molecule has 2 rings (SSSR count). The first-order chi connectivity index (χ1) is 12.3. The van der Waals surface area contributed by atoms with Gasteiger partial charge in [-0.15, -0.1) is 0 Å². The minimum Gasteiger partial charge on any atom is -0.493 e. The van der Waals surface area contributed by atoms with Crippen LogP contribution in [0.4, 0.5) is 5.69 Å². The molecule has 2 N–H and O–H groups in total. The van der Waals surface area contributed by atoms with Crippen LogP contribution in [0.3, 0.4) is 0 Å². The number of carbonyl (C=O) groups is 2. The zero-order valence-corrected chi connectivity index (χ0v) is 15.3. The van der Waals surface area contributed by atoms with E-state index in [4.69, 9.17) is 9.47 Å². The van der Waals surface area contributed by atoms with Gasteiger partial charge in [0.05, 0.1) is 25.5 Å². The molecular formula is C20H23NO5. The van der Waals surface area contributed by atoms with E-state index in [2.05, 4.69) is 5.32 Å². The van der Waals surface area contributed by atoms with Crippen molar-refractivity contribution in [2.24, 2.45) is 5.41 Å². The predicted molar refractivity (Wildman–Crippen MR) is 99.1 cm³/mol. The van der Waals surface area contributed by atoms with Crippen molar-refractivity contribution < 1.29 is 24.2 Å². The SMILES string of the molecule is COc1cc(NC(=O)C(C)(C)Cc2ccccc2)c(C(=O)O)cc1OC. The Bertz CT molecular complexity index is 799. The first-order valence-electron chi connectivity index (χ1n) is 8.13. The molecular weight excluding hydrogens is 334 g/mol. The number of carbonyl (C=O) groups excluding carboxylic acids is 1. The van der Waals surface area contributed by atoms with Gasteiger partial charge in [0.15, 0.2) is 11.5 Å². The minimum atomic E-state index is -1.16. The lowest BCUT2D eigenvalue weighted by atomic mass is 9.84. The molecule has 2 aromatic carbocycles. The fourth-order valence-electron chi connectivity index (χ4n) is 2.64. The quantitative estimate of drug-likeness (QED) is 0.791. The van der Waals surface area contributed by atoms with Crippen LogP contribution in [0, 0.1) is 5.41 Å². The van der Waals surface area contributed by atoms with Gasteiger partial charge >= 0.3 is 5.97 Å². The van der Waals surface area contributed by atoms with Crippen LogP contribution in [0.1, 0.15) is 29.8 Å². The summed E-state index contributed by atoms with van der Waals surface area (Å²) in [7, 11) is 2.87. The molecule has 0 aromatic heterocycles. The first kappa shape index (κ1) is 19.3. The van der Waals surface area contributed by atoms with Gasteiger partial charge in [-0.05, 0) is 12.0 Å². The van der Waals surface area contributed by atoms with Gasteiger partial charge in [-0.3, -0.25) is 4.79 Å². The van der Waals surface area contributed by atoms with Gasteiger partial charge in [-0.2, -0.15) is 0 Å². The van der Waals surface area contributed by atoms with Gasteiger partial charge < -0.3 is 19.9 Å². The Morgan fingerprint density at radius 3 is 2.15 bits per heavy atom. The van der Waals surface area contributed by atoms with E-state index in [9.17, 15) is 14.7 Å². The number of hydrogen-bond acceptors (Lipinski definition) is 4. The molecule has 0 aliphatic heterocycles. The molecule has 0 atom stereocenters. The number of nitrogens with one attached hydrogen (secondary N) is 1.